The lowest BCUT2D eigenvalue weighted by Gasteiger charge is -2.11. The smallest absolute Gasteiger partial charge is 0.251 e. The van der Waals surface area contributed by atoms with Gasteiger partial charge < -0.3 is 9.47 Å². The molecule has 0 N–H and O–H groups in total. The minimum absolute atomic E-state index is 0.00535. The average Bonchev–Trinajstić information content (AvgIpc) is 3.31. The van der Waals surface area contributed by atoms with Gasteiger partial charge in [-0.25, -0.2) is 9.50 Å². The Morgan fingerprint density at radius 2 is 2.04 bits per heavy atom. The van der Waals surface area contributed by atoms with Crippen LogP contribution in [0.25, 0.3) is 27.9 Å². The highest BCUT2D eigenvalue weighted by Gasteiger charge is 2.10. The molecule has 4 aromatic heterocycles. The summed E-state index contributed by atoms with van der Waals surface area (Å²) in [7, 11) is 4.07. The average molecular weight is 379 g/mol. The summed E-state index contributed by atoms with van der Waals surface area (Å²) < 4.78 is 3.52. The molecular formula is C20H21N5OS. The van der Waals surface area contributed by atoms with Gasteiger partial charge in [-0.1, -0.05) is 0 Å². The first-order valence-corrected chi connectivity index (χ1v) is 9.77. The molecule has 7 heteroatoms. The van der Waals surface area contributed by atoms with Crippen LogP contribution >= 0.6 is 11.3 Å². The Morgan fingerprint density at radius 1 is 1.15 bits per heavy atom. The highest BCUT2D eigenvalue weighted by molar-refractivity contribution is 7.08. The maximum absolute atomic E-state index is 12.4. The Hall–Kier alpha value is -2.77. The van der Waals surface area contributed by atoms with Gasteiger partial charge >= 0.3 is 0 Å². The van der Waals surface area contributed by atoms with Gasteiger partial charge in [-0.2, -0.15) is 16.4 Å². The van der Waals surface area contributed by atoms with Crippen LogP contribution < -0.4 is 5.56 Å². The normalized spacial score (nSPS) is 11.5. The van der Waals surface area contributed by atoms with Gasteiger partial charge in [-0.15, -0.1) is 0 Å². The van der Waals surface area contributed by atoms with Gasteiger partial charge in [-0.3, -0.25) is 4.79 Å². The molecule has 0 bridgehead atoms. The fourth-order valence-electron chi connectivity index (χ4n) is 3.07. The van der Waals surface area contributed by atoms with Gasteiger partial charge in [0.25, 0.3) is 5.56 Å². The zero-order valence-corrected chi connectivity index (χ0v) is 16.2. The lowest BCUT2D eigenvalue weighted by Crippen LogP contribution is -2.21. The predicted octanol–water partition coefficient (Wildman–Crippen LogP) is 3.24. The van der Waals surface area contributed by atoms with Crippen molar-refractivity contribution in [1.82, 2.24) is 24.1 Å². The van der Waals surface area contributed by atoms with E-state index in [0.717, 1.165) is 47.4 Å². The van der Waals surface area contributed by atoms with Crippen molar-refractivity contribution >= 4 is 17.0 Å². The lowest BCUT2D eigenvalue weighted by atomic mass is 10.1. The molecule has 0 saturated carbocycles. The Bertz CT molecular complexity index is 1110. The maximum Gasteiger partial charge on any atom is 0.251 e. The summed E-state index contributed by atoms with van der Waals surface area (Å²) in [4.78, 5) is 19.1. The molecule has 4 rings (SSSR count). The van der Waals surface area contributed by atoms with E-state index in [-0.39, 0.29) is 5.56 Å². The number of thiophene rings is 1. The first-order chi connectivity index (χ1) is 13.1. The van der Waals surface area contributed by atoms with E-state index < -0.39 is 0 Å². The predicted molar refractivity (Wildman–Crippen MR) is 109 cm³/mol. The molecule has 0 radical (unpaired) electrons. The van der Waals surface area contributed by atoms with Crippen LogP contribution in [0.15, 0.2) is 58.5 Å². The van der Waals surface area contributed by atoms with Crippen LogP contribution in [0.4, 0.5) is 0 Å². The summed E-state index contributed by atoms with van der Waals surface area (Å²) in [5.74, 6) is 0. The highest BCUT2D eigenvalue weighted by Crippen LogP contribution is 2.26. The highest BCUT2D eigenvalue weighted by atomic mass is 32.1. The van der Waals surface area contributed by atoms with Crippen molar-refractivity contribution in [1.29, 1.82) is 0 Å². The minimum Gasteiger partial charge on any atom is -0.315 e. The van der Waals surface area contributed by atoms with E-state index in [1.165, 1.54) is 0 Å². The van der Waals surface area contributed by atoms with E-state index in [4.69, 9.17) is 0 Å². The molecule has 0 unspecified atom stereocenters. The number of pyridine rings is 1. The van der Waals surface area contributed by atoms with Crippen molar-refractivity contribution in [3.05, 3.63) is 64.1 Å². The Labute approximate surface area is 161 Å². The SMILES string of the molecule is CN(C)CCCn1ccc(-c2cnc3c(-c4ccsc4)cnn3c2)cc1=O. The zero-order chi connectivity index (χ0) is 18.8. The lowest BCUT2D eigenvalue weighted by molar-refractivity contribution is 0.385. The summed E-state index contributed by atoms with van der Waals surface area (Å²) in [6.45, 7) is 1.68. The van der Waals surface area contributed by atoms with Crippen molar-refractivity contribution in [3.8, 4) is 22.3 Å². The summed E-state index contributed by atoms with van der Waals surface area (Å²) in [6.07, 6.45) is 8.36. The number of hydrogen-bond acceptors (Lipinski definition) is 5. The van der Waals surface area contributed by atoms with Crippen LogP contribution in [0.3, 0.4) is 0 Å². The van der Waals surface area contributed by atoms with Crippen LogP contribution in [0.5, 0.6) is 0 Å². The van der Waals surface area contributed by atoms with Crippen LogP contribution in [0.2, 0.25) is 0 Å². The zero-order valence-electron chi connectivity index (χ0n) is 15.4. The first-order valence-electron chi connectivity index (χ1n) is 8.83. The molecular weight excluding hydrogens is 358 g/mol. The molecule has 0 fully saturated rings. The monoisotopic (exact) mass is 379 g/mol. The van der Waals surface area contributed by atoms with E-state index in [0.29, 0.717) is 0 Å². The van der Waals surface area contributed by atoms with Crippen LogP contribution in [-0.4, -0.2) is 44.7 Å². The Morgan fingerprint density at radius 3 is 2.78 bits per heavy atom. The number of aryl methyl sites for hydroxylation is 1. The van der Waals surface area contributed by atoms with Gasteiger partial charge in [-0.05, 0) is 61.1 Å². The van der Waals surface area contributed by atoms with Crippen molar-refractivity contribution in [2.24, 2.45) is 0 Å². The molecule has 138 valence electrons. The van der Waals surface area contributed by atoms with E-state index >= 15 is 0 Å². The molecule has 0 aromatic carbocycles. The molecule has 4 heterocycles. The topological polar surface area (TPSA) is 55.4 Å². The second kappa shape index (κ2) is 7.46. The van der Waals surface area contributed by atoms with E-state index in [2.05, 4.69) is 26.4 Å². The molecule has 0 aliphatic heterocycles. The molecule has 27 heavy (non-hydrogen) atoms. The summed E-state index contributed by atoms with van der Waals surface area (Å²) in [6, 6.07) is 5.69. The van der Waals surface area contributed by atoms with Crippen molar-refractivity contribution in [3.63, 3.8) is 0 Å². The summed E-state index contributed by atoms with van der Waals surface area (Å²) in [5.41, 5.74) is 4.68. The van der Waals surface area contributed by atoms with Crippen molar-refractivity contribution in [2.75, 3.05) is 20.6 Å². The molecule has 0 saturated heterocycles. The third-order valence-electron chi connectivity index (χ3n) is 4.52. The summed E-state index contributed by atoms with van der Waals surface area (Å²) in [5, 5.41) is 8.56. The van der Waals surface area contributed by atoms with Crippen LogP contribution in [0.1, 0.15) is 6.42 Å². The quantitative estimate of drug-likeness (QED) is 0.516. The molecule has 0 spiro atoms. The molecule has 6 nitrogen and oxygen atoms in total. The second-order valence-electron chi connectivity index (χ2n) is 6.78. The largest absolute Gasteiger partial charge is 0.315 e. The van der Waals surface area contributed by atoms with Crippen LogP contribution in [-0.2, 0) is 6.54 Å². The fraction of sp³-hybridized carbons (Fsp3) is 0.250. The molecule has 0 aliphatic rings. The van der Waals surface area contributed by atoms with E-state index in [1.807, 2.05) is 44.1 Å². The van der Waals surface area contributed by atoms with Gasteiger partial charge in [0.15, 0.2) is 5.65 Å². The number of rotatable bonds is 6. The number of hydrogen-bond donors (Lipinski definition) is 0. The first kappa shape index (κ1) is 17.6. The third kappa shape index (κ3) is 3.70. The van der Waals surface area contributed by atoms with Crippen molar-refractivity contribution < 1.29 is 0 Å². The second-order valence-corrected chi connectivity index (χ2v) is 7.56. The van der Waals surface area contributed by atoms with Gasteiger partial charge in [0.2, 0.25) is 0 Å². The van der Waals surface area contributed by atoms with Crippen LogP contribution in [0, 0.1) is 0 Å². The Balaban J connectivity index is 1.61. The standard InChI is InChI=1S/C20H21N5OS/c1-23(2)6-3-7-24-8-4-15(10-19(24)26)17-11-21-20-18(12-22-25(20)13-17)16-5-9-27-14-16/h4-5,8-14H,3,6-7H2,1-2H3. The van der Waals surface area contributed by atoms with Gasteiger partial charge in [0, 0.05) is 42.3 Å². The van der Waals surface area contributed by atoms with E-state index in [1.54, 1.807) is 32.7 Å². The minimum atomic E-state index is 0.00535. The maximum atomic E-state index is 12.4. The number of aromatic nitrogens is 4. The third-order valence-corrected chi connectivity index (χ3v) is 5.21. The molecule has 0 atom stereocenters. The molecule has 0 amide bonds. The van der Waals surface area contributed by atoms with Gasteiger partial charge in [0.05, 0.1) is 6.20 Å². The van der Waals surface area contributed by atoms with E-state index in [9.17, 15) is 4.79 Å². The van der Waals surface area contributed by atoms with Gasteiger partial charge in [0.1, 0.15) is 0 Å². The summed E-state index contributed by atoms with van der Waals surface area (Å²) >= 11 is 1.65. The van der Waals surface area contributed by atoms with Crippen molar-refractivity contribution in [2.45, 2.75) is 13.0 Å². The number of nitrogens with zero attached hydrogens (tertiary/aromatic N) is 5. The molecule has 4 aromatic rings. The number of fused-ring (bicyclic) bond motifs is 1. The Kier molecular flexibility index (Phi) is 4.87. The molecule has 0 aliphatic carbocycles. The fourth-order valence-corrected chi connectivity index (χ4v) is 3.73.